The summed E-state index contributed by atoms with van der Waals surface area (Å²) in [5, 5.41) is 1.24. The molecule has 18 heavy (non-hydrogen) atoms. The van der Waals surface area contributed by atoms with E-state index in [0.29, 0.717) is 18.6 Å². The second-order valence-corrected chi connectivity index (χ2v) is 6.45. The zero-order valence-corrected chi connectivity index (χ0v) is 12.7. The molecule has 2 rings (SSSR count). The van der Waals surface area contributed by atoms with E-state index in [1.807, 2.05) is 11.3 Å². The van der Waals surface area contributed by atoms with Crippen LogP contribution in [0.3, 0.4) is 0 Å². The maximum absolute atomic E-state index is 5.68. The van der Waals surface area contributed by atoms with Gasteiger partial charge < -0.3 is 4.74 Å². The average Bonchev–Trinajstić information content (AvgIpc) is 2.67. The topological polar surface area (TPSA) is 25.4 Å². The van der Waals surface area contributed by atoms with Crippen molar-refractivity contribution < 1.29 is 4.74 Å². The number of aromatic nitrogens is 1. The largest absolute Gasteiger partial charge is 0.377 e. The molecule has 0 spiro atoms. The molecule has 102 valence electrons. The van der Waals surface area contributed by atoms with Crippen molar-refractivity contribution in [1.29, 1.82) is 0 Å². The van der Waals surface area contributed by atoms with E-state index >= 15 is 0 Å². The van der Waals surface area contributed by atoms with Crippen LogP contribution in [0.25, 0.3) is 0 Å². The maximum atomic E-state index is 5.68. The fourth-order valence-corrected chi connectivity index (χ4v) is 3.31. The molecule has 1 aliphatic rings. The van der Waals surface area contributed by atoms with E-state index in [1.54, 1.807) is 0 Å². The molecule has 2 heterocycles. The minimum absolute atomic E-state index is 0.403. The summed E-state index contributed by atoms with van der Waals surface area (Å²) in [4.78, 5) is 8.41. The number of halogens is 1. The molecule has 3 nitrogen and oxygen atoms in total. The third-order valence-electron chi connectivity index (χ3n) is 3.40. The first-order valence-electron chi connectivity index (χ1n) is 6.52. The molecule has 1 saturated heterocycles. The Morgan fingerprint density at radius 1 is 1.39 bits per heavy atom. The lowest BCUT2D eigenvalue weighted by molar-refractivity contribution is 0.0134. The second-order valence-electron chi connectivity index (χ2n) is 4.78. The third kappa shape index (κ3) is 3.92. The number of nitrogens with zero attached hydrogens (tertiary/aromatic N) is 2. The minimum atomic E-state index is 0.403. The van der Waals surface area contributed by atoms with Crippen LogP contribution in [0, 0.1) is 13.8 Å². The van der Waals surface area contributed by atoms with E-state index in [2.05, 4.69) is 23.7 Å². The summed E-state index contributed by atoms with van der Waals surface area (Å²) in [5.74, 6) is 0.595. The van der Waals surface area contributed by atoms with Gasteiger partial charge in [0, 0.05) is 23.8 Å². The Labute approximate surface area is 118 Å². The maximum Gasteiger partial charge on any atom is 0.107 e. The Hall–Kier alpha value is -0.160. The van der Waals surface area contributed by atoms with Crippen molar-refractivity contribution in [2.75, 3.05) is 25.6 Å². The summed E-state index contributed by atoms with van der Waals surface area (Å²) in [5.41, 5.74) is 1.18. The van der Waals surface area contributed by atoms with Crippen LogP contribution in [-0.4, -0.2) is 41.6 Å². The summed E-state index contributed by atoms with van der Waals surface area (Å²) in [6.45, 7) is 8.10. The molecule has 0 radical (unpaired) electrons. The van der Waals surface area contributed by atoms with Gasteiger partial charge >= 0.3 is 0 Å². The number of thiazole rings is 1. The predicted molar refractivity (Wildman–Crippen MR) is 76.6 cm³/mol. The molecule has 5 heteroatoms. The Bertz CT molecular complexity index is 356. The highest BCUT2D eigenvalue weighted by molar-refractivity contribution is 7.11. The first-order valence-corrected chi connectivity index (χ1v) is 7.87. The quantitative estimate of drug-likeness (QED) is 0.779. The van der Waals surface area contributed by atoms with Gasteiger partial charge in [0.05, 0.1) is 24.9 Å². The summed E-state index contributed by atoms with van der Waals surface area (Å²) in [6, 6.07) is 0. The van der Waals surface area contributed by atoms with Gasteiger partial charge in [0.1, 0.15) is 5.01 Å². The summed E-state index contributed by atoms with van der Waals surface area (Å²) in [6.07, 6.45) is 2.63. The van der Waals surface area contributed by atoms with Gasteiger partial charge in [0.2, 0.25) is 0 Å². The van der Waals surface area contributed by atoms with Gasteiger partial charge in [-0.25, -0.2) is 4.98 Å². The lowest BCUT2D eigenvalue weighted by Crippen LogP contribution is -2.36. The first-order chi connectivity index (χ1) is 8.69. The van der Waals surface area contributed by atoms with Gasteiger partial charge in [-0.05, 0) is 26.7 Å². The molecule has 0 saturated carbocycles. The molecule has 1 fully saturated rings. The summed E-state index contributed by atoms with van der Waals surface area (Å²) < 4.78 is 5.68. The number of likely N-dealkylation sites (tertiary alicyclic amines) is 1. The third-order valence-corrected chi connectivity index (χ3v) is 4.61. The van der Waals surface area contributed by atoms with Gasteiger partial charge in [0.25, 0.3) is 0 Å². The lowest BCUT2D eigenvalue weighted by Gasteiger charge is -2.31. The van der Waals surface area contributed by atoms with Gasteiger partial charge in [-0.1, -0.05) is 0 Å². The number of piperidine rings is 1. The predicted octanol–water partition coefficient (Wildman–Crippen LogP) is 2.98. The van der Waals surface area contributed by atoms with Crippen LogP contribution < -0.4 is 0 Å². The van der Waals surface area contributed by atoms with Crippen molar-refractivity contribution in [1.82, 2.24) is 9.88 Å². The highest BCUT2D eigenvalue weighted by Crippen LogP contribution is 2.21. The van der Waals surface area contributed by atoms with Crippen molar-refractivity contribution in [3.63, 3.8) is 0 Å². The zero-order chi connectivity index (χ0) is 13.0. The minimum Gasteiger partial charge on any atom is -0.377 e. The monoisotopic (exact) mass is 288 g/mol. The van der Waals surface area contributed by atoms with Gasteiger partial charge in [0.15, 0.2) is 0 Å². The molecule has 0 N–H and O–H groups in total. The fourth-order valence-electron chi connectivity index (χ4n) is 2.24. The second kappa shape index (κ2) is 6.85. The molecule has 0 bridgehead atoms. The van der Waals surface area contributed by atoms with Crippen molar-refractivity contribution in [2.45, 2.75) is 39.3 Å². The van der Waals surface area contributed by atoms with Crippen molar-refractivity contribution in [3.05, 3.63) is 15.6 Å². The highest BCUT2D eigenvalue weighted by Gasteiger charge is 2.20. The van der Waals surface area contributed by atoms with E-state index in [9.17, 15) is 0 Å². The molecule has 0 aromatic carbocycles. The number of rotatable bonds is 5. The SMILES string of the molecule is Cc1nc(CN2CCC(OCCCl)CC2)sc1C. The normalized spacial score (nSPS) is 18.4. The molecule has 1 aromatic rings. The van der Waals surface area contributed by atoms with Gasteiger partial charge in [-0.15, -0.1) is 22.9 Å². The van der Waals surface area contributed by atoms with Crippen LogP contribution in [-0.2, 0) is 11.3 Å². The van der Waals surface area contributed by atoms with Crippen LogP contribution in [0.15, 0.2) is 0 Å². The first kappa shape index (κ1) is 14.3. The van der Waals surface area contributed by atoms with E-state index in [1.165, 1.54) is 15.6 Å². The van der Waals surface area contributed by atoms with Crippen LogP contribution in [0.4, 0.5) is 0 Å². The summed E-state index contributed by atoms with van der Waals surface area (Å²) in [7, 11) is 0. The van der Waals surface area contributed by atoms with Crippen LogP contribution in [0.2, 0.25) is 0 Å². The van der Waals surface area contributed by atoms with Gasteiger partial charge in [-0.2, -0.15) is 0 Å². The van der Waals surface area contributed by atoms with E-state index in [-0.39, 0.29) is 0 Å². The molecule has 1 aromatic heterocycles. The molecule has 0 atom stereocenters. The number of aryl methyl sites for hydroxylation is 2. The zero-order valence-electron chi connectivity index (χ0n) is 11.1. The van der Waals surface area contributed by atoms with Crippen LogP contribution >= 0.6 is 22.9 Å². The Morgan fingerprint density at radius 2 is 2.11 bits per heavy atom. The fraction of sp³-hybridized carbons (Fsp3) is 0.769. The molecular formula is C13H21ClN2OS. The van der Waals surface area contributed by atoms with E-state index in [0.717, 1.165) is 32.5 Å². The molecule has 0 aliphatic carbocycles. The van der Waals surface area contributed by atoms with E-state index < -0.39 is 0 Å². The van der Waals surface area contributed by atoms with Crippen molar-refractivity contribution >= 4 is 22.9 Å². The van der Waals surface area contributed by atoms with Gasteiger partial charge in [-0.3, -0.25) is 4.90 Å². The molecule has 0 amide bonds. The Balaban J connectivity index is 1.76. The molecule has 0 unspecified atom stereocenters. The number of ether oxygens (including phenoxy) is 1. The average molecular weight is 289 g/mol. The number of hydrogen-bond acceptors (Lipinski definition) is 4. The lowest BCUT2D eigenvalue weighted by atomic mass is 10.1. The van der Waals surface area contributed by atoms with E-state index in [4.69, 9.17) is 16.3 Å². The molecule has 1 aliphatic heterocycles. The smallest absolute Gasteiger partial charge is 0.107 e. The highest BCUT2D eigenvalue weighted by atomic mass is 35.5. The van der Waals surface area contributed by atoms with Crippen LogP contribution in [0.5, 0.6) is 0 Å². The Morgan fingerprint density at radius 3 is 2.67 bits per heavy atom. The number of alkyl halides is 1. The standard InChI is InChI=1S/C13H21ClN2OS/c1-10-11(2)18-13(15-10)9-16-6-3-12(4-7-16)17-8-5-14/h12H,3-9H2,1-2H3. The summed E-state index contributed by atoms with van der Waals surface area (Å²) >= 11 is 7.45. The van der Waals surface area contributed by atoms with Crippen molar-refractivity contribution in [2.24, 2.45) is 0 Å². The van der Waals surface area contributed by atoms with Crippen molar-refractivity contribution in [3.8, 4) is 0 Å². The molecular weight excluding hydrogens is 268 g/mol. The number of hydrogen-bond donors (Lipinski definition) is 0. The van der Waals surface area contributed by atoms with Crippen LogP contribution in [0.1, 0.15) is 28.4 Å². The Kier molecular flexibility index (Phi) is 5.42.